The Morgan fingerprint density at radius 3 is 3.08 bits per heavy atom. The van der Waals surface area contributed by atoms with Crippen molar-refractivity contribution in [3.05, 3.63) is 11.1 Å². The summed E-state index contributed by atoms with van der Waals surface area (Å²) in [5.74, 6) is -0.928. The van der Waals surface area contributed by atoms with Crippen molar-refractivity contribution in [1.82, 2.24) is 14.8 Å². The van der Waals surface area contributed by atoms with Crippen LogP contribution in [-0.2, 0) is 11.3 Å². The van der Waals surface area contributed by atoms with Crippen LogP contribution in [-0.4, -0.2) is 25.8 Å². The monoisotopic (exact) mass is 201 g/mol. The Morgan fingerprint density at radius 2 is 2.38 bits per heavy atom. The Balaban J connectivity index is 2.43. The second kappa shape index (κ2) is 2.99. The maximum atomic E-state index is 10.8. The molecule has 0 amide bonds. The number of fused-ring (bicyclic) bond motifs is 1. The zero-order chi connectivity index (χ0) is 9.42. The predicted octanol–water partition coefficient (Wildman–Crippen LogP) is 0.893. The molecule has 0 spiro atoms. The highest BCUT2D eigenvalue weighted by atomic mass is 35.5. The average Bonchev–Trinajstić information content (AvgIpc) is 2.48. The normalized spacial score (nSPS) is 21.2. The molecule has 2 rings (SSSR count). The number of nitrogens with zero attached hydrogens (tertiary/aromatic N) is 3. The highest BCUT2D eigenvalue weighted by molar-refractivity contribution is 6.28. The number of carboxylic acids is 1. The first-order valence-corrected chi connectivity index (χ1v) is 4.39. The van der Waals surface area contributed by atoms with Gasteiger partial charge in [-0.05, 0) is 24.4 Å². The summed E-state index contributed by atoms with van der Waals surface area (Å²) in [5, 5.41) is 16.6. The van der Waals surface area contributed by atoms with E-state index in [0.717, 1.165) is 6.42 Å². The molecule has 0 saturated carbocycles. The molecule has 1 unspecified atom stereocenters. The van der Waals surface area contributed by atoms with E-state index >= 15 is 0 Å². The summed E-state index contributed by atoms with van der Waals surface area (Å²) in [6.07, 6.45) is 1.42. The van der Waals surface area contributed by atoms with Crippen LogP contribution < -0.4 is 0 Å². The molecule has 13 heavy (non-hydrogen) atoms. The SMILES string of the molecule is O=C(O)C1CCCn2c(Cl)nnc21. The van der Waals surface area contributed by atoms with Crippen LogP contribution in [0.5, 0.6) is 0 Å². The number of hydrogen-bond donors (Lipinski definition) is 1. The van der Waals surface area contributed by atoms with Gasteiger partial charge in [-0.25, -0.2) is 0 Å². The molecular weight excluding hydrogens is 194 g/mol. The Labute approximate surface area is 79.3 Å². The molecule has 5 nitrogen and oxygen atoms in total. The van der Waals surface area contributed by atoms with E-state index in [1.54, 1.807) is 4.57 Å². The fraction of sp³-hybridized carbons (Fsp3) is 0.571. The van der Waals surface area contributed by atoms with Gasteiger partial charge < -0.3 is 9.67 Å². The molecule has 0 aromatic carbocycles. The van der Waals surface area contributed by atoms with Crippen molar-refractivity contribution >= 4 is 17.6 Å². The standard InChI is InChI=1S/C7H8ClN3O2/c8-7-10-9-5-4(6(12)13)2-1-3-11(5)7/h4H,1-3H2,(H,12,13). The van der Waals surface area contributed by atoms with Crippen molar-refractivity contribution < 1.29 is 9.90 Å². The van der Waals surface area contributed by atoms with Crippen molar-refractivity contribution in [3.63, 3.8) is 0 Å². The molecule has 6 heteroatoms. The van der Waals surface area contributed by atoms with E-state index in [2.05, 4.69) is 10.2 Å². The minimum atomic E-state index is -0.856. The Morgan fingerprint density at radius 1 is 1.62 bits per heavy atom. The first kappa shape index (κ1) is 8.50. The Hall–Kier alpha value is -1.10. The molecule has 1 aromatic rings. The van der Waals surface area contributed by atoms with E-state index in [4.69, 9.17) is 16.7 Å². The molecule has 0 bridgehead atoms. The van der Waals surface area contributed by atoms with Crippen LogP contribution in [0.1, 0.15) is 24.6 Å². The van der Waals surface area contributed by atoms with Crippen molar-refractivity contribution in [2.45, 2.75) is 25.3 Å². The number of carbonyl (C=O) groups is 1. The summed E-state index contributed by atoms with van der Waals surface area (Å²) >= 11 is 5.72. The number of carboxylic acid groups (broad SMARTS) is 1. The second-order valence-electron chi connectivity index (χ2n) is 3.01. The van der Waals surface area contributed by atoms with E-state index < -0.39 is 11.9 Å². The third kappa shape index (κ3) is 1.29. The highest BCUT2D eigenvalue weighted by Gasteiger charge is 2.29. The van der Waals surface area contributed by atoms with Gasteiger partial charge in [-0.15, -0.1) is 10.2 Å². The van der Waals surface area contributed by atoms with Crippen LogP contribution in [0, 0.1) is 0 Å². The first-order valence-electron chi connectivity index (χ1n) is 4.01. The van der Waals surface area contributed by atoms with Crippen LogP contribution in [0.2, 0.25) is 5.28 Å². The number of aromatic nitrogens is 3. The van der Waals surface area contributed by atoms with Gasteiger partial charge in [0.25, 0.3) is 0 Å². The highest BCUT2D eigenvalue weighted by Crippen LogP contribution is 2.27. The third-order valence-electron chi connectivity index (χ3n) is 2.22. The van der Waals surface area contributed by atoms with Gasteiger partial charge in [0.05, 0.1) is 0 Å². The smallest absolute Gasteiger partial charge is 0.314 e. The molecule has 70 valence electrons. The molecule has 2 heterocycles. The maximum Gasteiger partial charge on any atom is 0.314 e. The van der Waals surface area contributed by atoms with Gasteiger partial charge in [-0.3, -0.25) is 4.79 Å². The van der Waals surface area contributed by atoms with Crippen molar-refractivity contribution in [2.24, 2.45) is 0 Å². The molecule has 0 aliphatic carbocycles. The van der Waals surface area contributed by atoms with Crippen LogP contribution in [0.3, 0.4) is 0 Å². The topological polar surface area (TPSA) is 68.0 Å². The van der Waals surface area contributed by atoms with Gasteiger partial charge in [-0.1, -0.05) is 0 Å². The fourth-order valence-electron chi connectivity index (χ4n) is 1.58. The number of hydrogen-bond acceptors (Lipinski definition) is 3. The molecule has 1 N–H and O–H groups in total. The fourth-order valence-corrected chi connectivity index (χ4v) is 1.79. The van der Waals surface area contributed by atoms with Gasteiger partial charge in [0.1, 0.15) is 11.7 Å². The molecule has 1 atom stereocenters. The lowest BCUT2D eigenvalue weighted by Gasteiger charge is -2.18. The van der Waals surface area contributed by atoms with E-state index in [-0.39, 0.29) is 5.28 Å². The van der Waals surface area contributed by atoms with E-state index in [1.165, 1.54) is 0 Å². The second-order valence-corrected chi connectivity index (χ2v) is 3.35. The Bertz CT molecular complexity index is 350. The summed E-state index contributed by atoms with van der Waals surface area (Å²) in [5.41, 5.74) is 0. The molecule has 0 saturated heterocycles. The van der Waals surface area contributed by atoms with E-state index in [0.29, 0.717) is 18.8 Å². The third-order valence-corrected chi connectivity index (χ3v) is 2.50. The van der Waals surface area contributed by atoms with Crippen LogP contribution in [0.25, 0.3) is 0 Å². The Kier molecular flexibility index (Phi) is 1.95. The summed E-state index contributed by atoms with van der Waals surface area (Å²) in [4.78, 5) is 10.8. The summed E-state index contributed by atoms with van der Waals surface area (Å²) in [6, 6.07) is 0. The number of rotatable bonds is 1. The quantitative estimate of drug-likeness (QED) is 0.733. The van der Waals surface area contributed by atoms with Gasteiger partial charge >= 0.3 is 5.97 Å². The average molecular weight is 202 g/mol. The number of aliphatic carboxylic acids is 1. The molecule has 0 fully saturated rings. The maximum absolute atomic E-state index is 10.8. The lowest BCUT2D eigenvalue weighted by Crippen LogP contribution is -2.22. The van der Waals surface area contributed by atoms with Gasteiger partial charge in [-0.2, -0.15) is 0 Å². The molecule has 1 aliphatic rings. The lowest BCUT2D eigenvalue weighted by molar-refractivity contribution is -0.139. The van der Waals surface area contributed by atoms with Gasteiger partial charge in [0.2, 0.25) is 5.28 Å². The van der Waals surface area contributed by atoms with Crippen LogP contribution in [0.15, 0.2) is 0 Å². The molecular formula is C7H8ClN3O2. The molecule has 1 aliphatic heterocycles. The predicted molar refractivity (Wildman–Crippen MR) is 44.6 cm³/mol. The lowest BCUT2D eigenvalue weighted by atomic mass is 9.99. The van der Waals surface area contributed by atoms with E-state index in [1.807, 2.05) is 0 Å². The molecule has 1 aromatic heterocycles. The van der Waals surface area contributed by atoms with Gasteiger partial charge in [0.15, 0.2) is 0 Å². The van der Waals surface area contributed by atoms with Gasteiger partial charge in [0, 0.05) is 6.54 Å². The van der Waals surface area contributed by atoms with Crippen molar-refractivity contribution in [1.29, 1.82) is 0 Å². The zero-order valence-electron chi connectivity index (χ0n) is 6.77. The van der Waals surface area contributed by atoms with Crippen molar-refractivity contribution in [2.75, 3.05) is 0 Å². The van der Waals surface area contributed by atoms with Crippen LogP contribution >= 0.6 is 11.6 Å². The summed E-state index contributed by atoms with van der Waals surface area (Å²) in [6.45, 7) is 0.713. The largest absolute Gasteiger partial charge is 0.481 e. The summed E-state index contributed by atoms with van der Waals surface area (Å²) in [7, 11) is 0. The first-order chi connectivity index (χ1) is 6.20. The molecule has 0 radical (unpaired) electrons. The number of halogens is 1. The summed E-state index contributed by atoms with van der Waals surface area (Å²) < 4.78 is 1.66. The minimum absolute atomic E-state index is 0.279. The van der Waals surface area contributed by atoms with Crippen LogP contribution in [0.4, 0.5) is 0 Å². The zero-order valence-corrected chi connectivity index (χ0v) is 7.53. The van der Waals surface area contributed by atoms with E-state index in [9.17, 15) is 4.79 Å². The van der Waals surface area contributed by atoms with Crippen molar-refractivity contribution in [3.8, 4) is 0 Å². The minimum Gasteiger partial charge on any atom is -0.481 e.